The second-order valence-electron chi connectivity index (χ2n) is 11.4. The van der Waals surface area contributed by atoms with Crippen LogP contribution in [0, 0.1) is 166 Å². The SMILES string of the molecule is C.CCOC(=O)N1Cc2ncccc2OC/C=C\CCOc2nc(N)c([N+](=O)[O-])c1n2.Nc1nc2nc3c1[nH]c(=O)n3Cc1ncccc1OC/C=C\CCO2.[U].[U].[U].[U].[U]. The molecule has 4 bridgehead atoms. The first-order chi connectivity index (χ1) is 26.7. The summed E-state index contributed by atoms with van der Waals surface area (Å²) in [5, 5.41) is 11.7. The van der Waals surface area contributed by atoms with E-state index in [-0.39, 0.29) is 225 Å². The molecule has 2 aliphatic heterocycles. The van der Waals surface area contributed by atoms with Crippen LogP contribution in [0.3, 0.4) is 0 Å². The molecular weight excluding hydrogens is 1920 g/mol. The minimum Gasteiger partial charge on any atom is -0.488 e. The number of rotatable bonds is 2. The Morgan fingerprint density at radius 3 is 1.92 bits per heavy atom. The van der Waals surface area contributed by atoms with Crippen LogP contribution in [0.15, 0.2) is 65.8 Å². The number of hydrogen-bond acceptors (Lipinski definition) is 17. The fourth-order valence-electron chi connectivity index (χ4n) is 5.27. The predicted octanol–water partition coefficient (Wildman–Crippen LogP) is 3.74. The number of aromatic amines is 1. The number of amides is 1. The van der Waals surface area contributed by atoms with Gasteiger partial charge in [-0.25, -0.2) is 14.5 Å². The van der Waals surface area contributed by atoms with E-state index in [2.05, 4.69) is 34.9 Å². The first-order valence-electron chi connectivity index (χ1n) is 16.9. The summed E-state index contributed by atoms with van der Waals surface area (Å²) in [6.45, 7) is 2.91. The number of nitrogen functional groups attached to an aromatic ring is 2. The molecule has 5 aromatic heterocycles. The average Bonchev–Trinajstić information content (AvgIpc) is 3.48. The van der Waals surface area contributed by atoms with Gasteiger partial charge in [0.1, 0.15) is 41.6 Å². The quantitative estimate of drug-likeness (QED) is 0.129. The maximum atomic E-state index is 12.7. The third-order valence-corrected chi connectivity index (χ3v) is 7.78. The van der Waals surface area contributed by atoms with Crippen molar-refractivity contribution >= 4 is 40.4 Å². The Labute approximate surface area is 468 Å². The second kappa shape index (κ2) is 29.4. The van der Waals surface area contributed by atoms with E-state index in [9.17, 15) is 19.7 Å². The van der Waals surface area contributed by atoms with Gasteiger partial charge in [0.15, 0.2) is 11.5 Å². The van der Waals surface area contributed by atoms with Gasteiger partial charge in [0.05, 0.1) is 37.8 Å². The molecule has 0 radical (unpaired) electrons. The van der Waals surface area contributed by atoms with Crippen LogP contribution < -0.4 is 41.0 Å². The van der Waals surface area contributed by atoms with Crippen LogP contribution in [-0.4, -0.2) is 83.5 Å². The van der Waals surface area contributed by atoms with E-state index in [0.717, 1.165) is 4.90 Å². The number of H-pyrrole nitrogens is 1. The summed E-state index contributed by atoms with van der Waals surface area (Å²) < 4.78 is 29.0. The Hall–Kier alpha value is -2.06. The maximum Gasteiger partial charge on any atom is 0.416 e. The third kappa shape index (κ3) is 15.9. The summed E-state index contributed by atoms with van der Waals surface area (Å²) in [5.41, 5.74) is 12.5. The Bertz CT molecular complexity index is 2320. The van der Waals surface area contributed by atoms with Gasteiger partial charge in [0.2, 0.25) is 11.6 Å². The van der Waals surface area contributed by atoms with Gasteiger partial charge in [-0.1, -0.05) is 31.7 Å². The molecule has 0 spiro atoms. The van der Waals surface area contributed by atoms with Crippen molar-refractivity contribution in [1.29, 1.82) is 0 Å². The molecule has 7 heterocycles. The molecule has 0 saturated heterocycles. The topological polar surface area (TPSA) is 277 Å². The molecule has 314 valence electrons. The minimum atomic E-state index is -0.867. The van der Waals surface area contributed by atoms with E-state index >= 15 is 0 Å². The molecule has 21 nitrogen and oxygen atoms in total. The molecule has 5 N–H and O–H groups in total. The number of fused-ring (bicyclic) bond motifs is 5. The summed E-state index contributed by atoms with van der Waals surface area (Å²) in [4.78, 5) is 64.5. The number of aromatic nitrogens is 8. The predicted molar refractivity (Wildman–Crippen MR) is 203 cm³/mol. The number of anilines is 3. The van der Waals surface area contributed by atoms with Gasteiger partial charge in [-0.2, -0.15) is 19.9 Å². The van der Waals surface area contributed by atoms with Crippen molar-refractivity contribution in [3.63, 3.8) is 0 Å². The molecule has 5 aromatic rings. The fraction of sp³-hybridized carbons (Fsp3) is 0.314. The molecule has 26 heteroatoms. The number of nitrogens with one attached hydrogen (secondary N) is 1. The van der Waals surface area contributed by atoms with Crippen LogP contribution >= 0.6 is 0 Å². The van der Waals surface area contributed by atoms with Crippen LogP contribution in [0.2, 0.25) is 0 Å². The van der Waals surface area contributed by atoms with Gasteiger partial charge in [-0.05, 0) is 44.0 Å². The number of pyridine rings is 2. The molecule has 2 aliphatic rings. The van der Waals surface area contributed by atoms with Crippen LogP contribution in [0.1, 0.15) is 38.6 Å². The molecule has 0 atom stereocenters. The Morgan fingerprint density at radius 2 is 1.36 bits per heavy atom. The van der Waals surface area contributed by atoms with E-state index in [1.807, 2.05) is 30.4 Å². The van der Waals surface area contributed by atoms with Crippen molar-refractivity contribution in [1.82, 2.24) is 39.5 Å². The van der Waals surface area contributed by atoms with E-state index < -0.39 is 22.5 Å². The van der Waals surface area contributed by atoms with Gasteiger partial charge < -0.3 is 40.1 Å². The average molecular weight is 1960 g/mol. The molecule has 0 aromatic carbocycles. The van der Waals surface area contributed by atoms with E-state index in [4.69, 9.17) is 35.2 Å². The standard InChI is InChI=1S/C18H20N6O6.C16H16N6O3.CH4.5U/c1-2-28-18(25)23-11-12-13(7-6-8-20-12)29-9-4-3-5-10-30-17-21-15(19)14(24(26)27)16(23)22-17;17-13-12-14-21-15(20-13)25-8-3-1-2-7-24-11-5-4-6-18-10(11)9-22(14)16(23)19-12;;;;;;/h3-4,6-8H,2,5,9-11H2,1H3,(H2,19,21,22);1-2,4-6H,3,7-9H2,(H,19,23)(H2,17,20,21);1H4;;;;;/b4-3-;2-1-;;;;;;. The summed E-state index contributed by atoms with van der Waals surface area (Å²) in [6.07, 6.45) is 11.0. The van der Waals surface area contributed by atoms with Gasteiger partial charge in [-0.15, -0.1) is 0 Å². The van der Waals surface area contributed by atoms with Crippen molar-refractivity contribution in [2.75, 3.05) is 49.4 Å². The molecule has 0 unspecified atom stereocenters. The molecule has 7 rings (SSSR count). The number of carbonyl (C=O) groups excluding carboxylic acids is 1. The first-order valence-corrected chi connectivity index (χ1v) is 16.9. The molecule has 0 fully saturated rings. The number of imidazole rings is 1. The molecule has 0 saturated carbocycles. The summed E-state index contributed by atoms with van der Waals surface area (Å²) in [6, 6.07) is 6.92. The van der Waals surface area contributed by atoms with Gasteiger partial charge in [0, 0.05) is 168 Å². The summed E-state index contributed by atoms with van der Waals surface area (Å²) in [5.74, 6) is 0.397. The monoisotopic (exact) mass is 1960 g/mol. The van der Waals surface area contributed by atoms with Crippen molar-refractivity contribution in [3.8, 4) is 23.5 Å². The zero-order valence-corrected chi connectivity index (χ0v) is 52.8. The van der Waals surface area contributed by atoms with Crippen molar-refractivity contribution in [2.24, 2.45) is 0 Å². The van der Waals surface area contributed by atoms with Crippen LogP contribution in [-0.2, 0) is 17.8 Å². The van der Waals surface area contributed by atoms with Crippen LogP contribution in [0.25, 0.3) is 11.2 Å². The smallest absolute Gasteiger partial charge is 0.416 e. The Kier molecular flexibility index (Phi) is 28.4. The normalized spacial score (nSPS) is 13.9. The van der Waals surface area contributed by atoms with Crippen LogP contribution in [0.4, 0.5) is 27.9 Å². The minimum absolute atomic E-state index is 0. The zero-order chi connectivity index (χ0) is 38.7. The summed E-state index contributed by atoms with van der Waals surface area (Å²) >= 11 is 0. The number of ether oxygens (including phenoxy) is 5. The van der Waals surface area contributed by atoms with Gasteiger partial charge in [-0.3, -0.25) is 24.6 Å². The number of nitrogens with two attached hydrogens (primary N) is 2. The van der Waals surface area contributed by atoms with E-state index in [0.29, 0.717) is 60.1 Å². The van der Waals surface area contributed by atoms with Gasteiger partial charge >= 0.3 is 29.5 Å². The van der Waals surface area contributed by atoms with Crippen molar-refractivity contribution in [2.45, 2.75) is 40.3 Å². The second-order valence-corrected chi connectivity index (χ2v) is 11.4. The number of nitrogens with zero attached hydrogens (tertiary/aromatic N) is 9. The zero-order valence-electron chi connectivity index (χ0n) is 32.0. The largest absolute Gasteiger partial charge is 0.488 e. The number of hydrogen-bond donors (Lipinski definition) is 3. The fourth-order valence-corrected chi connectivity index (χ4v) is 5.27. The molecule has 1 amide bonds. The van der Waals surface area contributed by atoms with Crippen LogP contribution in [0.5, 0.6) is 23.5 Å². The number of nitro groups is 1. The maximum absolute atomic E-state index is 12.7. The van der Waals surface area contributed by atoms with Gasteiger partial charge in [0.25, 0.3) is 0 Å². The summed E-state index contributed by atoms with van der Waals surface area (Å²) in [7, 11) is 0. The Balaban J connectivity index is 0.00000109. The van der Waals surface area contributed by atoms with Crippen molar-refractivity contribution in [3.05, 3.63) is 92.9 Å². The van der Waals surface area contributed by atoms with Crippen molar-refractivity contribution < 1.29 is 189 Å². The molecular formula is C35H40N12O9U5. The molecule has 61 heavy (non-hydrogen) atoms. The molecule has 0 aliphatic carbocycles. The van der Waals surface area contributed by atoms with E-state index in [1.54, 1.807) is 31.3 Å². The first kappa shape index (κ1) is 58.9. The third-order valence-electron chi connectivity index (χ3n) is 7.78. The Morgan fingerprint density at radius 1 is 0.820 bits per heavy atom. The number of carbonyl (C=O) groups is 1. The van der Waals surface area contributed by atoms with E-state index in [1.165, 1.54) is 10.8 Å².